The Labute approximate surface area is 293 Å². The molecule has 9 heteroatoms. The van der Waals surface area contributed by atoms with E-state index in [-0.39, 0.29) is 36.3 Å². The maximum Gasteiger partial charge on any atom is 0.309 e. The summed E-state index contributed by atoms with van der Waals surface area (Å²) in [5.41, 5.74) is -4.90. The van der Waals surface area contributed by atoms with E-state index in [1.165, 1.54) is 39.0 Å². The Hall–Kier alpha value is -2.52. The largest absolute Gasteiger partial charge is 0.461 e. The summed E-state index contributed by atoms with van der Waals surface area (Å²) in [6.07, 6.45) is 11.1. The van der Waals surface area contributed by atoms with Crippen molar-refractivity contribution < 1.29 is 43.6 Å². The van der Waals surface area contributed by atoms with Crippen LogP contribution in [0.2, 0.25) is 0 Å². The molecule has 0 heterocycles. The van der Waals surface area contributed by atoms with Gasteiger partial charge in [-0.25, -0.2) is 0 Å². The van der Waals surface area contributed by atoms with E-state index in [1.807, 2.05) is 34.6 Å². The molecule has 276 valence electrons. The number of hydrogen-bond donors (Lipinski definition) is 2. The van der Waals surface area contributed by atoms with Crippen LogP contribution >= 0.6 is 0 Å². The predicted octanol–water partition coefficient (Wildman–Crippen LogP) is 6.82. The van der Waals surface area contributed by atoms with Crippen LogP contribution in [0.3, 0.4) is 0 Å². The molecule has 0 saturated heterocycles. The van der Waals surface area contributed by atoms with Crippen LogP contribution in [0.15, 0.2) is 23.3 Å². The molecule has 0 aliphatic heterocycles. The second-order valence-electron chi connectivity index (χ2n) is 16.5. The van der Waals surface area contributed by atoms with Gasteiger partial charge in [0.1, 0.15) is 18.3 Å². The maximum absolute atomic E-state index is 15.1. The summed E-state index contributed by atoms with van der Waals surface area (Å²) in [7, 11) is 0. The average molecular weight is 687 g/mol. The molecule has 9 nitrogen and oxygen atoms in total. The van der Waals surface area contributed by atoms with Crippen molar-refractivity contribution in [2.24, 2.45) is 40.4 Å². The molecule has 2 N–H and O–H groups in total. The number of ketones is 1. The molecule has 4 aliphatic carbocycles. The number of Topliss-reactive ketones (excluding diaryl/α,β-unsaturated/α-hetero) is 1. The first-order chi connectivity index (χ1) is 22.9. The van der Waals surface area contributed by atoms with E-state index >= 15 is 4.79 Å². The zero-order chi connectivity index (χ0) is 36.5. The molecule has 0 amide bonds. The van der Waals surface area contributed by atoms with E-state index < -0.39 is 69.9 Å². The summed E-state index contributed by atoms with van der Waals surface area (Å²) < 4.78 is 17.8. The van der Waals surface area contributed by atoms with Crippen LogP contribution in [0, 0.1) is 40.4 Å². The highest BCUT2D eigenvalue weighted by molar-refractivity contribution is 5.96. The number of unbranched alkanes of at least 4 members (excludes halogenated alkanes) is 8. The Morgan fingerprint density at radius 3 is 2.16 bits per heavy atom. The lowest BCUT2D eigenvalue weighted by molar-refractivity contribution is -0.207. The van der Waals surface area contributed by atoms with Crippen LogP contribution in [-0.4, -0.2) is 63.9 Å². The summed E-state index contributed by atoms with van der Waals surface area (Å²) in [4.78, 5) is 53.8. The molecule has 1 unspecified atom stereocenters. The van der Waals surface area contributed by atoms with Gasteiger partial charge in [-0.1, -0.05) is 112 Å². The highest BCUT2D eigenvalue weighted by atomic mass is 16.6. The SMILES string of the molecule is CCCCCCCCCCCC(=O)O[C@@]12C[C@@H](C)[C@]34C=C(C)[C@H](OC(=O)C(C)C(C)C)[C@@]3(O)[C@H](O)C(COC(C)=O)=C[C@@H](C4=O)[C@@H]1C2(C)C. The second-order valence-corrected chi connectivity index (χ2v) is 16.5. The number of hydrogen-bond acceptors (Lipinski definition) is 9. The van der Waals surface area contributed by atoms with E-state index in [9.17, 15) is 24.6 Å². The summed E-state index contributed by atoms with van der Waals surface area (Å²) >= 11 is 0. The van der Waals surface area contributed by atoms with Crippen molar-refractivity contribution in [3.63, 3.8) is 0 Å². The topological polar surface area (TPSA) is 136 Å². The number of aliphatic hydroxyl groups excluding tert-OH is 1. The monoisotopic (exact) mass is 686 g/mol. The van der Waals surface area contributed by atoms with Crippen molar-refractivity contribution in [1.82, 2.24) is 0 Å². The molecule has 4 rings (SSSR count). The van der Waals surface area contributed by atoms with Gasteiger partial charge in [0, 0.05) is 30.6 Å². The number of fused-ring (bicyclic) bond motifs is 3. The lowest BCUT2D eigenvalue weighted by Crippen LogP contribution is -2.66. The minimum absolute atomic E-state index is 0.0393. The van der Waals surface area contributed by atoms with E-state index in [2.05, 4.69) is 6.92 Å². The molecule has 49 heavy (non-hydrogen) atoms. The smallest absolute Gasteiger partial charge is 0.309 e. The van der Waals surface area contributed by atoms with Gasteiger partial charge in [0.2, 0.25) is 0 Å². The van der Waals surface area contributed by atoms with Gasteiger partial charge in [0.05, 0.1) is 11.3 Å². The Morgan fingerprint density at radius 2 is 1.59 bits per heavy atom. The van der Waals surface area contributed by atoms with Gasteiger partial charge in [-0.15, -0.1) is 0 Å². The maximum atomic E-state index is 15.1. The van der Waals surface area contributed by atoms with Crippen molar-refractivity contribution in [1.29, 1.82) is 0 Å². The quantitative estimate of drug-likeness (QED) is 0.0776. The third kappa shape index (κ3) is 6.80. The summed E-state index contributed by atoms with van der Waals surface area (Å²) in [5.74, 6) is -4.18. The molecule has 2 bridgehead atoms. The molecule has 9 atom stereocenters. The van der Waals surface area contributed by atoms with Gasteiger partial charge in [-0.3, -0.25) is 19.2 Å². The predicted molar refractivity (Wildman–Crippen MR) is 186 cm³/mol. The Morgan fingerprint density at radius 1 is 1.00 bits per heavy atom. The molecule has 4 aliphatic rings. The van der Waals surface area contributed by atoms with Gasteiger partial charge in [0.25, 0.3) is 0 Å². The van der Waals surface area contributed by atoms with Crippen molar-refractivity contribution in [3.05, 3.63) is 23.3 Å². The zero-order valence-corrected chi connectivity index (χ0v) is 31.4. The molecule has 0 aromatic carbocycles. The lowest BCUT2D eigenvalue weighted by Gasteiger charge is -2.49. The van der Waals surface area contributed by atoms with Gasteiger partial charge < -0.3 is 24.4 Å². The van der Waals surface area contributed by atoms with E-state index in [0.717, 1.165) is 25.7 Å². The van der Waals surface area contributed by atoms with Crippen LogP contribution in [0.1, 0.15) is 133 Å². The molecular weight excluding hydrogens is 624 g/mol. The number of esters is 3. The number of carbonyl (C=O) groups is 4. The molecular formula is C40H62O9. The first-order valence-corrected chi connectivity index (χ1v) is 18.8. The molecule has 0 aromatic rings. The van der Waals surface area contributed by atoms with Crippen LogP contribution in [0.5, 0.6) is 0 Å². The zero-order valence-electron chi connectivity index (χ0n) is 31.4. The van der Waals surface area contributed by atoms with Crippen LogP contribution in [0.4, 0.5) is 0 Å². The summed E-state index contributed by atoms with van der Waals surface area (Å²) in [6, 6.07) is 0. The van der Waals surface area contributed by atoms with E-state index in [1.54, 1.807) is 26.0 Å². The minimum Gasteiger partial charge on any atom is -0.461 e. The number of allylic oxidation sites excluding steroid dienone is 1. The highest BCUT2D eigenvalue weighted by Crippen LogP contribution is 2.75. The first-order valence-electron chi connectivity index (χ1n) is 18.8. The highest BCUT2D eigenvalue weighted by Gasteiger charge is 2.83. The normalized spacial score (nSPS) is 34.9. The van der Waals surface area contributed by atoms with Gasteiger partial charge in [-0.2, -0.15) is 0 Å². The van der Waals surface area contributed by atoms with E-state index in [4.69, 9.17) is 14.2 Å². The Balaban J connectivity index is 1.65. The fourth-order valence-electron chi connectivity index (χ4n) is 9.40. The number of carbonyl (C=O) groups excluding carboxylic acids is 4. The summed E-state index contributed by atoms with van der Waals surface area (Å²) in [6.45, 7) is 16.2. The first kappa shape index (κ1) is 39.3. The lowest BCUT2D eigenvalue weighted by atomic mass is 9.59. The van der Waals surface area contributed by atoms with E-state index in [0.29, 0.717) is 12.0 Å². The molecule has 1 spiro atoms. The number of rotatable bonds is 16. The molecule has 2 fully saturated rings. The minimum atomic E-state index is -2.29. The Bertz CT molecular complexity index is 1330. The summed E-state index contributed by atoms with van der Waals surface area (Å²) in [5, 5.41) is 25.0. The van der Waals surface area contributed by atoms with Crippen LogP contribution < -0.4 is 0 Å². The van der Waals surface area contributed by atoms with Crippen LogP contribution in [-0.2, 0) is 33.4 Å². The fraction of sp³-hybridized carbons (Fsp3) is 0.800. The molecule has 0 aromatic heterocycles. The van der Waals surface area contributed by atoms with Crippen molar-refractivity contribution >= 4 is 23.7 Å². The third-order valence-electron chi connectivity index (χ3n) is 12.7. The van der Waals surface area contributed by atoms with Crippen LogP contribution in [0.25, 0.3) is 0 Å². The van der Waals surface area contributed by atoms with Crippen molar-refractivity contribution in [3.8, 4) is 0 Å². The number of ether oxygens (including phenoxy) is 3. The van der Waals surface area contributed by atoms with Gasteiger partial charge in [0.15, 0.2) is 17.5 Å². The average Bonchev–Trinajstić information content (AvgIpc) is 3.43. The Kier molecular flexibility index (Phi) is 12.0. The third-order valence-corrected chi connectivity index (χ3v) is 12.7. The second kappa shape index (κ2) is 15.0. The molecule has 2 saturated carbocycles. The number of aliphatic hydroxyl groups is 2. The van der Waals surface area contributed by atoms with Crippen molar-refractivity contribution in [2.45, 2.75) is 156 Å². The standard InChI is InChI=1S/C40H62O9/c1-10-11-12-13-14-15-16-17-18-19-31(42)49-39-22-26(5)38-21-25(4)35(48-36(45)27(6)24(2)3)40(38,46)33(43)29(23-47-28(7)41)20-30(34(38)44)32(39)37(39,8)9/h20-21,24,26-27,30,32-33,35,43,46H,10-19,22-23H2,1-9H3/t26-,27?,30-,32-,33-,35+,38+,39+,40+/m1/s1. The fourth-order valence-corrected chi connectivity index (χ4v) is 9.40. The van der Waals surface area contributed by atoms with Crippen molar-refractivity contribution in [2.75, 3.05) is 6.61 Å². The molecule has 0 radical (unpaired) electrons. The van der Waals surface area contributed by atoms with Gasteiger partial charge >= 0.3 is 17.9 Å². The van der Waals surface area contributed by atoms with Gasteiger partial charge in [-0.05, 0) is 42.7 Å².